The topological polar surface area (TPSA) is 78.5 Å². The molecule has 7 heteroatoms. The van der Waals surface area contributed by atoms with Gasteiger partial charge in [0.2, 0.25) is 0 Å². The summed E-state index contributed by atoms with van der Waals surface area (Å²) in [6.45, 7) is 5.67. The van der Waals surface area contributed by atoms with Crippen LogP contribution < -0.4 is 10.6 Å². The lowest BCUT2D eigenvalue weighted by molar-refractivity contribution is 0.621. The van der Waals surface area contributed by atoms with Crippen molar-refractivity contribution < 1.29 is 0 Å². The van der Waals surface area contributed by atoms with E-state index in [0.29, 0.717) is 0 Å². The van der Waals surface area contributed by atoms with E-state index in [1.807, 2.05) is 19.9 Å². The Morgan fingerprint density at radius 2 is 2.11 bits per heavy atom. The number of rotatable bonds is 2. The van der Waals surface area contributed by atoms with Crippen molar-refractivity contribution in [3.8, 4) is 0 Å². The Balaban J connectivity index is 0.00000133. The number of aromatic amines is 1. The first-order valence-corrected chi connectivity index (χ1v) is 6.08. The fourth-order valence-electron chi connectivity index (χ4n) is 2.19. The first kappa shape index (κ1) is 13.8. The van der Waals surface area contributed by atoms with Gasteiger partial charge in [0.25, 0.3) is 0 Å². The summed E-state index contributed by atoms with van der Waals surface area (Å²) in [5, 5.41) is 13.7. The first-order valence-electron chi connectivity index (χ1n) is 6.08. The van der Waals surface area contributed by atoms with Crippen molar-refractivity contribution in [2.75, 3.05) is 11.9 Å². The quantitative estimate of drug-likeness (QED) is 0.779. The van der Waals surface area contributed by atoms with Crippen molar-refractivity contribution in [1.82, 2.24) is 25.5 Å². The maximum absolute atomic E-state index is 4.49. The third-order valence-corrected chi connectivity index (χ3v) is 3.00. The SMILES string of the molecule is Cc1nc2c(c(Nc3cc(C)[nH]n3)n1)CCNC2.Cl. The van der Waals surface area contributed by atoms with Gasteiger partial charge in [0, 0.05) is 23.9 Å². The molecule has 0 amide bonds. The van der Waals surface area contributed by atoms with Crippen LogP contribution in [-0.2, 0) is 13.0 Å². The lowest BCUT2D eigenvalue weighted by Crippen LogP contribution is -2.26. The van der Waals surface area contributed by atoms with Crippen LogP contribution in [0, 0.1) is 13.8 Å². The highest BCUT2D eigenvalue weighted by Crippen LogP contribution is 2.22. The van der Waals surface area contributed by atoms with Crippen LogP contribution >= 0.6 is 12.4 Å². The molecule has 19 heavy (non-hydrogen) atoms. The van der Waals surface area contributed by atoms with Gasteiger partial charge in [0.1, 0.15) is 11.6 Å². The van der Waals surface area contributed by atoms with Gasteiger partial charge in [-0.3, -0.25) is 5.10 Å². The number of anilines is 2. The number of H-pyrrole nitrogens is 1. The summed E-state index contributed by atoms with van der Waals surface area (Å²) in [4.78, 5) is 8.97. The van der Waals surface area contributed by atoms with Crippen LogP contribution in [0.5, 0.6) is 0 Å². The van der Waals surface area contributed by atoms with Gasteiger partial charge >= 0.3 is 0 Å². The zero-order valence-corrected chi connectivity index (χ0v) is 11.8. The fourth-order valence-corrected chi connectivity index (χ4v) is 2.19. The molecule has 0 unspecified atom stereocenters. The van der Waals surface area contributed by atoms with Crippen LogP contribution in [0.1, 0.15) is 22.8 Å². The lowest BCUT2D eigenvalue weighted by Gasteiger charge is -2.19. The van der Waals surface area contributed by atoms with Crippen LogP contribution in [0.15, 0.2) is 6.07 Å². The normalized spacial score (nSPS) is 13.6. The first-order chi connectivity index (χ1) is 8.72. The van der Waals surface area contributed by atoms with Crippen LogP contribution in [0.3, 0.4) is 0 Å². The molecule has 3 N–H and O–H groups in total. The summed E-state index contributed by atoms with van der Waals surface area (Å²) in [6, 6.07) is 1.96. The Morgan fingerprint density at radius 3 is 2.84 bits per heavy atom. The molecule has 2 aromatic heterocycles. The highest BCUT2D eigenvalue weighted by molar-refractivity contribution is 5.85. The Bertz CT molecular complexity index is 580. The van der Waals surface area contributed by atoms with E-state index in [9.17, 15) is 0 Å². The standard InChI is InChI=1S/C12H16N6.ClH/c1-7-5-11(18-17-7)16-12-9-3-4-13-6-10(9)14-8(2)15-12;/h5,13H,3-4,6H2,1-2H3,(H2,14,15,16,17,18);1H. The molecule has 2 aromatic rings. The maximum Gasteiger partial charge on any atom is 0.153 e. The van der Waals surface area contributed by atoms with Gasteiger partial charge in [-0.1, -0.05) is 0 Å². The lowest BCUT2D eigenvalue weighted by atomic mass is 10.1. The number of aryl methyl sites for hydroxylation is 2. The van der Waals surface area contributed by atoms with Crippen LogP contribution in [-0.4, -0.2) is 26.7 Å². The minimum Gasteiger partial charge on any atom is -0.323 e. The van der Waals surface area contributed by atoms with E-state index in [1.165, 1.54) is 5.56 Å². The van der Waals surface area contributed by atoms with Gasteiger partial charge in [-0.05, 0) is 26.8 Å². The van der Waals surface area contributed by atoms with Gasteiger partial charge in [-0.15, -0.1) is 12.4 Å². The zero-order chi connectivity index (χ0) is 12.5. The number of halogens is 1. The molecule has 0 aliphatic carbocycles. The summed E-state index contributed by atoms with van der Waals surface area (Å²) in [5.41, 5.74) is 3.31. The number of fused-ring (bicyclic) bond motifs is 1. The third-order valence-electron chi connectivity index (χ3n) is 3.00. The third kappa shape index (κ3) is 2.85. The molecular formula is C12H17ClN6. The van der Waals surface area contributed by atoms with Gasteiger partial charge < -0.3 is 10.6 Å². The van der Waals surface area contributed by atoms with E-state index >= 15 is 0 Å². The van der Waals surface area contributed by atoms with E-state index < -0.39 is 0 Å². The van der Waals surface area contributed by atoms with Crippen molar-refractivity contribution in [2.45, 2.75) is 26.8 Å². The molecular weight excluding hydrogens is 264 g/mol. The average Bonchev–Trinajstić information content (AvgIpc) is 2.74. The van der Waals surface area contributed by atoms with Crippen LogP contribution in [0.25, 0.3) is 0 Å². The fraction of sp³-hybridized carbons (Fsp3) is 0.417. The van der Waals surface area contributed by atoms with Gasteiger partial charge in [-0.25, -0.2) is 9.97 Å². The maximum atomic E-state index is 4.49. The highest BCUT2D eigenvalue weighted by Gasteiger charge is 2.16. The van der Waals surface area contributed by atoms with Gasteiger partial charge in [0.05, 0.1) is 5.69 Å². The Morgan fingerprint density at radius 1 is 1.26 bits per heavy atom. The van der Waals surface area contributed by atoms with Crippen molar-refractivity contribution in [2.24, 2.45) is 0 Å². The molecule has 3 rings (SSSR count). The molecule has 6 nitrogen and oxygen atoms in total. The molecule has 1 aliphatic heterocycles. The number of aromatic nitrogens is 4. The van der Waals surface area contributed by atoms with Crippen molar-refractivity contribution >= 4 is 24.0 Å². The van der Waals surface area contributed by atoms with Crippen LogP contribution in [0.4, 0.5) is 11.6 Å². The largest absolute Gasteiger partial charge is 0.323 e. The number of nitrogens with one attached hydrogen (secondary N) is 3. The van der Waals surface area contributed by atoms with Crippen molar-refractivity contribution in [3.63, 3.8) is 0 Å². The summed E-state index contributed by atoms with van der Waals surface area (Å²) in [7, 11) is 0. The second-order valence-corrected chi connectivity index (χ2v) is 4.53. The number of hydrogen-bond donors (Lipinski definition) is 3. The van der Waals surface area contributed by atoms with Crippen molar-refractivity contribution in [3.05, 3.63) is 28.8 Å². The zero-order valence-electron chi connectivity index (χ0n) is 10.9. The summed E-state index contributed by atoms with van der Waals surface area (Å²) >= 11 is 0. The Labute approximate surface area is 117 Å². The molecule has 0 aromatic carbocycles. The number of nitrogens with zero attached hydrogens (tertiary/aromatic N) is 3. The molecule has 102 valence electrons. The second kappa shape index (κ2) is 5.54. The summed E-state index contributed by atoms with van der Waals surface area (Å²) in [6.07, 6.45) is 0.946. The molecule has 0 saturated carbocycles. The summed E-state index contributed by atoms with van der Waals surface area (Å²) in [5.74, 6) is 2.46. The molecule has 0 bridgehead atoms. The molecule has 0 spiro atoms. The van der Waals surface area contributed by atoms with E-state index in [0.717, 1.165) is 48.4 Å². The second-order valence-electron chi connectivity index (χ2n) is 4.53. The minimum absolute atomic E-state index is 0. The molecule has 0 radical (unpaired) electrons. The van der Waals surface area contributed by atoms with Gasteiger partial charge in [0.15, 0.2) is 5.82 Å². The molecule has 0 fully saturated rings. The molecule has 3 heterocycles. The van der Waals surface area contributed by atoms with E-state index in [2.05, 4.69) is 30.8 Å². The molecule has 0 atom stereocenters. The minimum atomic E-state index is 0. The van der Waals surface area contributed by atoms with E-state index in [4.69, 9.17) is 0 Å². The average molecular weight is 281 g/mol. The Hall–Kier alpha value is -1.66. The van der Waals surface area contributed by atoms with E-state index in [1.54, 1.807) is 0 Å². The monoisotopic (exact) mass is 280 g/mol. The van der Waals surface area contributed by atoms with E-state index in [-0.39, 0.29) is 12.4 Å². The smallest absolute Gasteiger partial charge is 0.153 e. The molecule has 0 saturated heterocycles. The number of hydrogen-bond acceptors (Lipinski definition) is 5. The highest BCUT2D eigenvalue weighted by atomic mass is 35.5. The predicted octanol–water partition coefficient (Wildman–Crippen LogP) is 1.63. The van der Waals surface area contributed by atoms with Crippen molar-refractivity contribution in [1.29, 1.82) is 0 Å². The Kier molecular flexibility index (Phi) is 4.01. The summed E-state index contributed by atoms with van der Waals surface area (Å²) < 4.78 is 0. The molecule has 1 aliphatic rings. The predicted molar refractivity (Wildman–Crippen MR) is 76.0 cm³/mol. The van der Waals surface area contributed by atoms with Crippen LogP contribution in [0.2, 0.25) is 0 Å². The van der Waals surface area contributed by atoms with Gasteiger partial charge in [-0.2, -0.15) is 5.10 Å².